The van der Waals surface area contributed by atoms with Crippen molar-refractivity contribution in [3.63, 3.8) is 0 Å². The summed E-state index contributed by atoms with van der Waals surface area (Å²) < 4.78 is 10.4. The third kappa shape index (κ3) is 2.61. The molecule has 0 atom stereocenters. The largest absolute Gasteiger partial charge is 0.496 e. The molecule has 86 valence electrons. The summed E-state index contributed by atoms with van der Waals surface area (Å²) in [5, 5.41) is 0. The van der Waals surface area contributed by atoms with Crippen molar-refractivity contribution in [3.05, 3.63) is 27.7 Å². The Morgan fingerprint density at radius 1 is 1.50 bits per heavy atom. The van der Waals surface area contributed by atoms with Crippen molar-refractivity contribution in [3.8, 4) is 5.75 Å². The normalized spacial score (nSPS) is 9.69. The first-order valence-electron chi connectivity index (χ1n) is 4.63. The van der Waals surface area contributed by atoms with Crippen LogP contribution >= 0.6 is 15.9 Å². The Kier molecular flexibility index (Phi) is 4.49. The number of hydrogen-bond donors (Lipinski definition) is 0. The maximum atomic E-state index is 11.5. The fraction of sp³-hybridized carbons (Fsp3) is 0.273. The minimum Gasteiger partial charge on any atom is -0.496 e. The van der Waals surface area contributed by atoms with Gasteiger partial charge in [-0.15, -0.1) is 0 Å². The summed E-state index contributed by atoms with van der Waals surface area (Å²) in [4.78, 5) is 22.3. The molecule has 1 aromatic rings. The second kappa shape index (κ2) is 5.65. The molecule has 0 unspecified atom stereocenters. The van der Waals surface area contributed by atoms with Gasteiger partial charge >= 0.3 is 5.97 Å². The summed E-state index contributed by atoms with van der Waals surface area (Å²) in [5.74, 6) is -0.0601. The molecule has 0 saturated carbocycles. The Hall–Kier alpha value is -1.36. The summed E-state index contributed by atoms with van der Waals surface area (Å²) in [7, 11) is 1.46. The van der Waals surface area contributed by atoms with E-state index in [1.54, 1.807) is 13.0 Å². The molecule has 5 heteroatoms. The highest BCUT2D eigenvalue weighted by Gasteiger charge is 2.15. The molecular formula is C11H11BrO4. The van der Waals surface area contributed by atoms with Gasteiger partial charge in [-0.2, -0.15) is 0 Å². The minimum absolute atomic E-state index is 0.285. The number of rotatable bonds is 4. The molecule has 0 aliphatic heterocycles. The van der Waals surface area contributed by atoms with E-state index in [9.17, 15) is 9.59 Å². The maximum absolute atomic E-state index is 11.5. The minimum atomic E-state index is -0.472. The standard InChI is InChI=1S/C11H11BrO4/c1-3-16-11(14)8-4-7(6-13)10(15-2)5-9(8)12/h4-6H,3H2,1-2H3. The molecule has 1 rings (SSSR count). The lowest BCUT2D eigenvalue weighted by Gasteiger charge is -2.08. The maximum Gasteiger partial charge on any atom is 0.339 e. The monoisotopic (exact) mass is 286 g/mol. The van der Waals surface area contributed by atoms with Crippen molar-refractivity contribution in [2.75, 3.05) is 13.7 Å². The highest BCUT2D eigenvalue weighted by Crippen LogP contribution is 2.27. The highest BCUT2D eigenvalue weighted by molar-refractivity contribution is 9.10. The van der Waals surface area contributed by atoms with Crippen LogP contribution in [0.1, 0.15) is 27.6 Å². The Bertz CT molecular complexity index is 415. The van der Waals surface area contributed by atoms with Crippen LogP contribution in [0.25, 0.3) is 0 Å². The molecule has 0 heterocycles. The average molecular weight is 287 g/mol. The molecular weight excluding hydrogens is 276 g/mol. The van der Waals surface area contributed by atoms with E-state index >= 15 is 0 Å². The van der Waals surface area contributed by atoms with Crippen molar-refractivity contribution < 1.29 is 19.1 Å². The van der Waals surface area contributed by atoms with Gasteiger partial charge in [0.15, 0.2) is 6.29 Å². The Morgan fingerprint density at radius 2 is 2.19 bits per heavy atom. The third-order valence-electron chi connectivity index (χ3n) is 1.94. The van der Waals surface area contributed by atoms with E-state index in [2.05, 4.69) is 15.9 Å². The third-order valence-corrected chi connectivity index (χ3v) is 2.60. The van der Waals surface area contributed by atoms with Crippen molar-refractivity contribution in [2.45, 2.75) is 6.92 Å². The highest BCUT2D eigenvalue weighted by atomic mass is 79.9. The Labute approximate surface area is 102 Å². The van der Waals surface area contributed by atoms with Crippen molar-refractivity contribution in [1.82, 2.24) is 0 Å². The number of benzene rings is 1. The molecule has 0 bridgehead atoms. The smallest absolute Gasteiger partial charge is 0.339 e. The van der Waals surface area contributed by atoms with Crippen LogP contribution in [-0.4, -0.2) is 26.0 Å². The van der Waals surface area contributed by atoms with Crippen molar-refractivity contribution >= 4 is 28.2 Å². The van der Waals surface area contributed by atoms with Gasteiger partial charge in [-0.1, -0.05) is 0 Å². The van der Waals surface area contributed by atoms with Gasteiger partial charge in [-0.3, -0.25) is 4.79 Å². The summed E-state index contributed by atoms with van der Waals surface area (Å²) >= 11 is 3.23. The topological polar surface area (TPSA) is 52.6 Å². The quantitative estimate of drug-likeness (QED) is 0.630. The van der Waals surface area contributed by atoms with Crippen LogP contribution in [0.15, 0.2) is 16.6 Å². The molecule has 4 nitrogen and oxygen atoms in total. The number of hydrogen-bond acceptors (Lipinski definition) is 4. The molecule has 1 aromatic carbocycles. The van der Waals surface area contributed by atoms with E-state index in [1.165, 1.54) is 13.2 Å². The van der Waals surface area contributed by atoms with Gasteiger partial charge in [0.25, 0.3) is 0 Å². The zero-order valence-electron chi connectivity index (χ0n) is 8.95. The fourth-order valence-corrected chi connectivity index (χ4v) is 1.69. The zero-order chi connectivity index (χ0) is 12.1. The first-order chi connectivity index (χ1) is 7.63. The van der Waals surface area contributed by atoms with E-state index in [-0.39, 0.29) is 6.61 Å². The SMILES string of the molecule is CCOC(=O)c1cc(C=O)c(OC)cc1Br. The van der Waals surface area contributed by atoms with Crippen LogP contribution in [0.4, 0.5) is 0 Å². The molecule has 0 radical (unpaired) electrons. The number of halogens is 1. The number of carbonyl (C=O) groups is 2. The number of esters is 1. The summed E-state index contributed by atoms with van der Waals surface area (Å²) in [6.45, 7) is 2.00. The average Bonchev–Trinajstić information content (AvgIpc) is 2.28. The van der Waals surface area contributed by atoms with Crippen LogP contribution < -0.4 is 4.74 Å². The molecule has 0 saturated heterocycles. The van der Waals surface area contributed by atoms with Crippen LogP contribution in [0.3, 0.4) is 0 Å². The van der Waals surface area contributed by atoms with Crippen LogP contribution in [0, 0.1) is 0 Å². The first kappa shape index (κ1) is 12.7. The Morgan fingerprint density at radius 3 is 2.69 bits per heavy atom. The molecule has 0 aliphatic rings. The number of methoxy groups -OCH3 is 1. The van der Waals surface area contributed by atoms with Crippen LogP contribution in [0.2, 0.25) is 0 Å². The molecule has 0 amide bonds. The van der Waals surface area contributed by atoms with Gasteiger partial charge < -0.3 is 9.47 Å². The predicted octanol–water partition coefficient (Wildman–Crippen LogP) is 2.45. The number of aldehydes is 1. The van der Waals surface area contributed by atoms with E-state index in [0.717, 1.165) is 0 Å². The van der Waals surface area contributed by atoms with Gasteiger partial charge in [0.05, 0.1) is 24.8 Å². The van der Waals surface area contributed by atoms with Crippen molar-refractivity contribution in [1.29, 1.82) is 0 Å². The molecule has 0 spiro atoms. The van der Waals surface area contributed by atoms with Crippen LogP contribution in [-0.2, 0) is 4.74 Å². The molecule has 0 N–H and O–H groups in total. The first-order valence-corrected chi connectivity index (χ1v) is 5.43. The second-order valence-electron chi connectivity index (χ2n) is 2.91. The lowest BCUT2D eigenvalue weighted by molar-refractivity contribution is 0.0525. The lowest BCUT2D eigenvalue weighted by atomic mass is 10.1. The second-order valence-corrected chi connectivity index (χ2v) is 3.77. The van der Waals surface area contributed by atoms with Gasteiger partial charge in [-0.25, -0.2) is 4.79 Å². The zero-order valence-corrected chi connectivity index (χ0v) is 10.5. The van der Waals surface area contributed by atoms with Crippen molar-refractivity contribution in [2.24, 2.45) is 0 Å². The molecule has 0 fully saturated rings. The van der Waals surface area contributed by atoms with Crippen LogP contribution in [0.5, 0.6) is 5.75 Å². The summed E-state index contributed by atoms with van der Waals surface area (Å²) in [5.41, 5.74) is 0.624. The number of ether oxygens (including phenoxy) is 2. The van der Waals surface area contributed by atoms with Gasteiger partial charge in [-0.05, 0) is 35.0 Å². The Balaban J connectivity index is 3.20. The van der Waals surface area contributed by atoms with E-state index in [0.29, 0.717) is 27.6 Å². The van der Waals surface area contributed by atoms with E-state index in [1.807, 2.05) is 0 Å². The van der Waals surface area contributed by atoms with E-state index < -0.39 is 5.97 Å². The molecule has 0 aromatic heterocycles. The summed E-state index contributed by atoms with van der Waals surface area (Å²) in [6, 6.07) is 3.00. The summed E-state index contributed by atoms with van der Waals surface area (Å²) in [6.07, 6.45) is 0.633. The van der Waals surface area contributed by atoms with E-state index in [4.69, 9.17) is 9.47 Å². The molecule has 16 heavy (non-hydrogen) atoms. The lowest BCUT2D eigenvalue weighted by Crippen LogP contribution is -2.07. The van der Waals surface area contributed by atoms with Gasteiger partial charge in [0.1, 0.15) is 5.75 Å². The van der Waals surface area contributed by atoms with Gasteiger partial charge in [0, 0.05) is 4.47 Å². The van der Waals surface area contributed by atoms with Gasteiger partial charge in [0.2, 0.25) is 0 Å². The fourth-order valence-electron chi connectivity index (χ4n) is 1.21. The predicted molar refractivity (Wildman–Crippen MR) is 62.0 cm³/mol. The molecule has 0 aliphatic carbocycles. The number of carbonyl (C=O) groups excluding carboxylic acids is 2.